The summed E-state index contributed by atoms with van der Waals surface area (Å²) < 4.78 is 5.20. The molecule has 25 heavy (non-hydrogen) atoms. The number of hydrogen-bond acceptors (Lipinski definition) is 3. The molecule has 0 aliphatic heterocycles. The van der Waals surface area contributed by atoms with Crippen molar-refractivity contribution >= 4 is 5.91 Å². The van der Waals surface area contributed by atoms with E-state index < -0.39 is 0 Å². The van der Waals surface area contributed by atoms with Gasteiger partial charge >= 0.3 is 0 Å². The number of amides is 1. The molecule has 3 aromatic rings. The van der Waals surface area contributed by atoms with E-state index in [9.17, 15) is 4.79 Å². The van der Waals surface area contributed by atoms with Gasteiger partial charge in [0.1, 0.15) is 5.75 Å². The topological polar surface area (TPSA) is 42.4 Å². The highest BCUT2D eigenvalue weighted by atomic mass is 16.5. The number of benzene rings is 2. The van der Waals surface area contributed by atoms with E-state index in [2.05, 4.69) is 4.98 Å². The van der Waals surface area contributed by atoms with E-state index in [1.165, 1.54) is 0 Å². The molecule has 3 rings (SSSR count). The van der Waals surface area contributed by atoms with Gasteiger partial charge in [0.25, 0.3) is 5.91 Å². The lowest BCUT2D eigenvalue weighted by Gasteiger charge is -2.23. The van der Waals surface area contributed by atoms with Gasteiger partial charge < -0.3 is 9.64 Å². The fourth-order valence-corrected chi connectivity index (χ4v) is 2.63. The molecule has 0 saturated heterocycles. The summed E-state index contributed by atoms with van der Waals surface area (Å²) >= 11 is 0. The fraction of sp³-hybridized carbons (Fsp3) is 0.143. The Hall–Kier alpha value is -3.14. The Morgan fingerprint density at radius 1 is 0.880 bits per heavy atom. The van der Waals surface area contributed by atoms with Crippen LogP contribution < -0.4 is 4.74 Å². The van der Waals surface area contributed by atoms with Gasteiger partial charge in [0.2, 0.25) is 0 Å². The number of ether oxygens (including phenoxy) is 1. The second-order valence-corrected chi connectivity index (χ2v) is 5.73. The zero-order chi connectivity index (χ0) is 17.5. The molecule has 0 aliphatic rings. The van der Waals surface area contributed by atoms with Gasteiger partial charge in [-0.15, -0.1) is 0 Å². The zero-order valence-corrected chi connectivity index (χ0v) is 14.1. The summed E-state index contributed by atoms with van der Waals surface area (Å²) in [5, 5.41) is 0. The highest BCUT2D eigenvalue weighted by Crippen LogP contribution is 2.17. The molecule has 0 bridgehead atoms. The van der Waals surface area contributed by atoms with Crippen LogP contribution in [-0.4, -0.2) is 22.9 Å². The molecule has 0 unspecified atom stereocenters. The maximum Gasteiger partial charge on any atom is 0.254 e. The minimum atomic E-state index is -0.0120. The number of carbonyl (C=O) groups is 1. The van der Waals surface area contributed by atoms with Gasteiger partial charge in [-0.2, -0.15) is 0 Å². The summed E-state index contributed by atoms with van der Waals surface area (Å²) in [5.41, 5.74) is 2.79. The smallest absolute Gasteiger partial charge is 0.254 e. The molecule has 1 amide bonds. The van der Waals surface area contributed by atoms with Crippen molar-refractivity contribution in [2.24, 2.45) is 0 Å². The van der Waals surface area contributed by atoms with Gasteiger partial charge in [0, 0.05) is 31.0 Å². The molecule has 0 saturated carbocycles. The van der Waals surface area contributed by atoms with E-state index >= 15 is 0 Å². The molecular weight excluding hydrogens is 312 g/mol. The standard InChI is InChI=1S/C21H20N2O2/c1-25-20-9-7-18(8-10-20)16-23(15-17-5-3-2-4-6-17)21(24)19-11-13-22-14-12-19/h2-14H,15-16H2,1H3. The molecule has 0 spiro atoms. The maximum absolute atomic E-state index is 13.0. The van der Waals surface area contributed by atoms with E-state index in [0.717, 1.165) is 16.9 Å². The second kappa shape index (κ2) is 8.11. The van der Waals surface area contributed by atoms with E-state index in [0.29, 0.717) is 18.7 Å². The SMILES string of the molecule is COc1ccc(CN(Cc2ccccc2)C(=O)c2ccncc2)cc1. The molecule has 1 heterocycles. The van der Waals surface area contributed by atoms with E-state index in [1.807, 2.05) is 59.5 Å². The van der Waals surface area contributed by atoms with Crippen molar-refractivity contribution in [2.75, 3.05) is 7.11 Å². The summed E-state index contributed by atoms with van der Waals surface area (Å²) in [6, 6.07) is 21.3. The van der Waals surface area contributed by atoms with Crippen LogP contribution in [-0.2, 0) is 13.1 Å². The maximum atomic E-state index is 13.0. The summed E-state index contributed by atoms with van der Waals surface area (Å²) in [6.07, 6.45) is 3.28. The summed E-state index contributed by atoms with van der Waals surface area (Å²) in [6.45, 7) is 1.08. The van der Waals surface area contributed by atoms with Crippen LogP contribution in [0.4, 0.5) is 0 Å². The molecule has 0 aliphatic carbocycles. The van der Waals surface area contributed by atoms with Crippen molar-refractivity contribution in [3.63, 3.8) is 0 Å². The van der Waals surface area contributed by atoms with Gasteiger partial charge in [0.05, 0.1) is 7.11 Å². The largest absolute Gasteiger partial charge is 0.497 e. The first-order valence-corrected chi connectivity index (χ1v) is 8.12. The normalized spacial score (nSPS) is 10.3. The Morgan fingerprint density at radius 3 is 2.08 bits per heavy atom. The van der Waals surface area contributed by atoms with E-state index in [4.69, 9.17) is 4.74 Å². The van der Waals surface area contributed by atoms with Gasteiger partial charge in [-0.05, 0) is 35.4 Å². The first-order chi connectivity index (χ1) is 12.3. The van der Waals surface area contributed by atoms with Crippen molar-refractivity contribution in [3.8, 4) is 5.75 Å². The Labute approximate surface area is 147 Å². The van der Waals surface area contributed by atoms with Gasteiger partial charge in [0.15, 0.2) is 0 Å². The number of rotatable bonds is 6. The highest BCUT2D eigenvalue weighted by Gasteiger charge is 2.16. The highest BCUT2D eigenvalue weighted by molar-refractivity contribution is 5.94. The number of methoxy groups -OCH3 is 1. The molecule has 0 N–H and O–H groups in total. The lowest BCUT2D eigenvalue weighted by atomic mass is 10.1. The Balaban J connectivity index is 1.84. The molecular formula is C21H20N2O2. The first-order valence-electron chi connectivity index (χ1n) is 8.12. The number of pyridine rings is 1. The van der Waals surface area contributed by atoms with Gasteiger partial charge in [-0.1, -0.05) is 42.5 Å². The average molecular weight is 332 g/mol. The lowest BCUT2D eigenvalue weighted by Crippen LogP contribution is -2.30. The first kappa shape index (κ1) is 16.7. The third-order valence-corrected chi connectivity index (χ3v) is 3.96. The Morgan fingerprint density at radius 2 is 1.48 bits per heavy atom. The van der Waals surface area contributed by atoms with Crippen LogP contribution in [0.2, 0.25) is 0 Å². The predicted octanol–water partition coefficient (Wildman–Crippen LogP) is 3.93. The van der Waals surface area contributed by atoms with Gasteiger partial charge in [-0.3, -0.25) is 9.78 Å². The van der Waals surface area contributed by atoms with E-state index in [-0.39, 0.29) is 5.91 Å². The summed E-state index contributed by atoms with van der Waals surface area (Å²) in [5.74, 6) is 0.792. The Kier molecular flexibility index (Phi) is 5.42. The van der Waals surface area contributed by atoms with Crippen molar-refractivity contribution in [1.29, 1.82) is 0 Å². The van der Waals surface area contributed by atoms with Crippen LogP contribution in [0.1, 0.15) is 21.5 Å². The molecule has 126 valence electrons. The monoisotopic (exact) mass is 332 g/mol. The number of nitrogens with zero attached hydrogens (tertiary/aromatic N) is 2. The van der Waals surface area contributed by atoms with Crippen LogP contribution in [0.15, 0.2) is 79.1 Å². The number of aromatic nitrogens is 1. The molecule has 4 heteroatoms. The van der Waals surface area contributed by atoms with Crippen molar-refractivity contribution in [1.82, 2.24) is 9.88 Å². The van der Waals surface area contributed by atoms with Crippen LogP contribution in [0.3, 0.4) is 0 Å². The van der Waals surface area contributed by atoms with Crippen LogP contribution >= 0.6 is 0 Å². The number of hydrogen-bond donors (Lipinski definition) is 0. The molecule has 0 fully saturated rings. The summed E-state index contributed by atoms with van der Waals surface area (Å²) in [7, 11) is 1.64. The average Bonchev–Trinajstić information content (AvgIpc) is 2.69. The van der Waals surface area contributed by atoms with Crippen molar-refractivity contribution in [2.45, 2.75) is 13.1 Å². The second-order valence-electron chi connectivity index (χ2n) is 5.73. The van der Waals surface area contributed by atoms with Gasteiger partial charge in [-0.25, -0.2) is 0 Å². The van der Waals surface area contributed by atoms with Crippen LogP contribution in [0.5, 0.6) is 5.75 Å². The minimum absolute atomic E-state index is 0.0120. The zero-order valence-electron chi connectivity index (χ0n) is 14.1. The molecule has 2 aromatic carbocycles. The quantitative estimate of drug-likeness (QED) is 0.687. The molecule has 1 aromatic heterocycles. The van der Waals surface area contributed by atoms with E-state index in [1.54, 1.807) is 31.6 Å². The number of carbonyl (C=O) groups excluding carboxylic acids is 1. The van der Waals surface area contributed by atoms with Crippen LogP contribution in [0, 0.1) is 0 Å². The van der Waals surface area contributed by atoms with Crippen molar-refractivity contribution in [3.05, 3.63) is 95.8 Å². The Bertz CT molecular complexity index is 802. The minimum Gasteiger partial charge on any atom is -0.497 e. The van der Waals surface area contributed by atoms with Crippen molar-refractivity contribution < 1.29 is 9.53 Å². The molecule has 4 nitrogen and oxygen atoms in total. The summed E-state index contributed by atoms with van der Waals surface area (Å²) in [4.78, 5) is 18.8. The third-order valence-electron chi connectivity index (χ3n) is 3.96. The third kappa shape index (κ3) is 4.44. The molecule has 0 radical (unpaired) electrons. The lowest BCUT2D eigenvalue weighted by molar-refractivity contribution is 0.0730. The van der Waals surface area contributed by atoms with Crippen LogP contribution in [0.25, 0.3) is 0 Å². The predicted molar refractivity (Wildman–Crippen MR) is 97.3 cm³/mol. The molecule has 0 atom stereocenters. The fourth-order valence-electron chi connectivity index (χ4n) is 2.63.